The second-order valence-corrected chi connectivity index (χ2v) is 5.74. The average molecular weight is 265 g/mol. The van der Waals surface area contributed by atoms with E-state index in [9.17, 15) is 4.39 Å². The van der Waals surface area contributed by atoms with Gasteiger partial charge in [0.15, 0.2) is 11.6 Å². The van der Waals surface area contributed by atoms with Crippen molar-refractivity contribution < 1.29 is 9.13 Å². The maximum atomic E-state index is 13.7. The van der Waals surface area contributed by atoms with Gasteiger partial charge in [-0.05, 0) is 56.2 Å². The number of methoxy groups -OCH3 is 1. The Morgan fingerprint density at radius 1 is 1.26 bits per heavy atom. The Labute approximate surface area is 115 Å². The Kier molecular flexibility index (Phi) is 4.81. The fourth-order valence-electron chi connectivity index (χ4n) is 2.83. The predicted octanol–water partition coefficient (Wildman–Crippen LogP) is 4.06. The molecule has 1 saturated carbocycles. The number of hydrogen-bond donors (Lipinski definition) is 1. The molecule has 0 saturated heterocycles. The van der Waals surface area contributed by atoms with Crippen LogP contribution in [0.4, 0.5) is 4.39 Å². The first-order chi connectivity index (χ1) is 9.10. The lowest BCUT2D eigenvalue weighted by atomic mass is 9.87. The Morgan fingerprint density at radius 2 is 1.95 bits per heavy atom. The molecule has 1 atom stereocenters. The van der Waals surface area contributed by atoms with Crippen molar-refractivity contribution in [1.82, 2.24) is 5.32 Å². The summed E-state index contributed by atoms with van der Waals surface area (Å²) in [6.45, 7) is 4.41. The fourth-order valence-corrected chi connectivity index (χ4v) is 2.83. The van der Waals surface area contributed by atoms with Crippen molar-refractivity contribution in [3.8, 4) is 5.75 Å². The summed E-state index contributed by atoms with van der Waals surface area (Å²) < 4.78 is 18.6. The standard InChI is InChI=1S/C16H24FNO/c1-11-4-7-14(8-5-11)18-12(2)13-6-9-16(19-3)15(17)10-13/h6,9-12,14,18H,4-5,7-8H2,1-3H3. The second kappa shape index (κ2) is 6.38. The SMILES string of the molecule is COc1ccc(C(C)NC2CCC(C)CC2)cc1F. The summed E-state index contributed by atoms with van der Waals surface area (Å²) >= 11 is 0. The van der Waals surface area contributed by atoms with Gasteiger partial charge in [-0.3, -0.25) is 0 Å². The van der Waals surface area contributed by atoms with Gasteiger partial charge in [-0.15, -0.1) is 0 Å². The van der Waals surface area contributed by atoms with Gasteiger partial charge in [0.1, 0.15) is 0 Å². The van der Waals surface area contributed by atoms with E-state index in [1.807, 2.05) is 6.07 Å². The summed E-state index contributed by atoms with van der Waals surface area (Å²) in [6, 6.07) is 5.95. The minimum absolute atomic E-state index is 0.179. The van der Waals surface area contributed by atoms with Crippen molar-refractivity contribution in [3.05, 3.63) is 29.6 Å². The molecule has 3 heteroatoms. The van der Waals surface area contributed by atoms with Crippen LogP contribution < -0.4 is 10.1 Å². The zero-order chi connectivity index (χ0) is 13.8. The molecule has 1 aliphatic carbocycles. The van der Waals surface area contributed by atoms with E-state index >= 15 is 0 Å². The van der Waals surface area contributed by atoms with Crippen LogP contribution in [0.3, 0.4) is 0 Å². The van der Waals surface area contributed by atoms with Crippen molar-refractivity contribution in [2.24, 2.45) is 5.92 Å². The molecule has 1 fully saturated rings. The molecule has 1 unspecified atom stereocenters. The number of halogens is 1. The molecule has 1 aliphatic rings. The normalized spacial score (nSPS) is 25.1. The molecule has 0 aliphatic heterocycles. The van der Waals surface area contributed by atoms with Crippen LogP contribution in [0.25, 0.3) is 0 Å². The van der Waals surface area contributed by atoms with Crippen LogP contribution in [0.2, 0.25) is 0 Å². The summed E-state index contributed by atoms with van der Waals surface area (Å²) in [7, 11) is 1.49. The number of benzene rings is 1. The van der Waals surface area contributed by atoms with Gasteiger partial charge in [0.25, 0.3) is 0 Å². The second-order valence-electron chi connectivity index (χ2n) is 5.74. The highest BCUT2D eigenvalue weighted by Crippen LogP contribution is 2.27. The Morgan fingerprint density at radius 3 is 2.53 bits per heavy atom. The van der Waals surface area contributed by atoms with Gasteiger partial charge in [-0.25, -0.2) is 4.39 Å². The summed E-state index contributed by atoms with van der Waals surface area (Å²) in [6.07, 6.45) is 5.04. The van der Waals surface area contributed by atoms with Crippen LogP contribution in [0.15, 0.2) is 18.2 Å². The lowest BCUT2D eigenvalue weighted by Crippen LogP contribution is -2.34. The van der Waals surface area contributed by atoms with E-state index in [2.05, 4.69) is 19.2 Å². The van der Waals surface area contributed by atoms with Gasteiger partial charge >= 0.3 is 0 Å². The first-order valence-corrected chi connectivity index (χ1v) is 7.19. The molecule has 1 aromatic rings. The third kappa shape index (κ3) is 3.69. The third-order valence-electron chi connectivity index (χ3n) is 4.18. The highest BCUT2D eigenvalue weighted by Gasteiger charge is 2.20. The van der Waals surface area contributed by atoms with Crippen molar-refractivity contribution in [3.63, 3.8) is 0 Å². The fraction of sp³-hybridized carbons (Fsp3) is 0.625. The van der Waals surface area contributed by atoms with Crippen molar-refractivity contribution >= 4 is 0 Å². The lowest BCUT2D eigenvalue weighted by Gasteiger charge is -2.30. The maximum absolute atomic E-state index is 13.7. The van der Waals surface area contributed by atoms with Crippen LogP contribution in [-0.4, -0.2) is 13.2 Å². The summed E-state index contributed by atoms with van der Waals surface area (Å²) in [5.74, 6) is 0.875. The topological polar surface area (TPSA) is 21.3 Å². The van der Waals surface area contributed by atoms with Crippen LogP contribution >= 0.6 is 0 Å². The molecule has 1 aromatic carbocycles. The first kappa shape index (κ1) is 14.3. The van der Waals surface area contributed by atoms with Crippen LogP contribution in [-0.2, 0) is 0 Å². The molecule has 0 aromatic heterocycles. The smallest absolute Gasteiger partial charge is 0.165 e. The van der Waals surface area contributed by atoms with Crippen molar-refractivity contribution in [2.45, 2.75) is 51.6 Å². The van der Waals surface area contributed by atoms with Gasteiger partial charge in [0, 0.05) is 12.1 Å². The van der Waals surface area contributed by atoms with Crippen molar-refractivity contribution in [1.29, 1.82) is 0 Å². The average Bonchev–Trinajstić information content (AvgIpc) is 2.41. The minimum Gasteiger partial charge on any atom is -0.494 e. The largest absolute Gasteiger partial charge is 0.494 e. The molecule has 0 spiro atoms. The predicted molar refractivity (Wildman–Crippen MR) is 75.9 cm³/mol. The Hall–Kier alpha value is -1.09. The zero-order valence-corrected chi connectivity index (χ0v) is 12.1. The van der Waals surface area contributed by atoms with E-state index in [1.165, 1.54) is 32.8 Å². The number of ether oxygens (including phenoxy) is 1. The number of nitrogens with one attached hydrogen (secondary N) is 1. The highest BCUT2D eigenvalue weighted by atomic mass is 19.1. The van der Waals surface area contributed by atoms with Crippen LogP contribution in [0.5, 0.6) is 5.75 Å². The van der Waals surface area contributed by atoms with Crippen molar-refractivity contribution in [2.75, 3.05) is 7.11 Å². The Bertz CT molecular complexity index is 413. The van der Waals surface area contributed by atoms with E-state index in [0.717, 1.165) is 11.5 Å². The lowest BCUT2D eigenvalue weighted by molar-refractivity contribution is 0.291. The molecule has 106 valence electrons. The molecule has 1 N–H and O–H groups in total. The van der Waals surface area contributed by atoms with E-state index in [1.54, 1.807) is 12.1 Å². The molecular weight excluding hydrogens is 241 g/mol. The van der Waals surface area contributed by atoms with E-state index in [-0.39, 0.29) is 11.9 Å². The van der Waals surface area contributed by atoms with E-state index in [4.69, 9.17) is 4.74 Å². The van der Waals surface area contributed by atoms with Gasteiger partial charge in [-0.2, -0.15) is 0 Å². The van der Waals surface area contributed by atoms with Gasteiger partial charge in [0.05, 0.1) is 7.11 Å². The molecule has 19 heavy (non-hydrogen) atoms. The minimum atomic E-state index is -0.286. The van der Waals surface area contributed by atoms with Gasteiger partial charge in [0.2, 0.25) is 0 Å². The first-order valence-electron chi connectivity index (χ1n) is 7.19. The zero-order valence-electron chi connectivity index (χ0n) is 12.1. The maximum Gasteiger partial charge on any atom is 0.165 e. The molecule has 2 nitrogen and oxygen atoms in total. The molecular formula is C16H24FNO. The van der Waals surface area contributed by atoms with Gasteiger partial charge in [-0.1, -0.05) is 13.0 Å². The number of hydrogen-bond acceptors (Lipinski definition) is 2. The third-order valence-corrected chi connectivity index (χ3v) is 4.18. The van der Waals surface area contributed by atoms with E-state index < -0.39 is 0 Å². The van der Waals surface area contributed by atoms with Gasteiger partial charge < -0.3 is 10.1 Å². The molecule has 0 amide bonds. The summed E-state index contributed by atoms with van der Waals surface area (Å²) in [4.78, 5) is 0. The van der Waals surface area contributed by atoms with Crippen LogP contribution in [0.1, 0.15) is 51.1 Å². The number of rotatable bonds is 4. The quantitative estimate of drug-likeness (QED) is 0.886. The molecule has 2 rings (SSSR count). The Balaban J connectivity index is 1.96. The molecule has 0 radical (unpaired) electrons. The van der Waals surface area contributed by atoms with Crippen LogP contribution in [0, 0.1) is 11.7 Å². The summed E-state index contributed by atoms with van der Waals surface area (Å²) in [5, 5.41) is 3.61. The highest BCUT2D eigenvalue weighted by molar-refractivity contribution is 5.30. The molecule has 0 heterocycles. The monoisotopic (exact) mass is 265 g/mol. The molecule has 0 bridgehead atoms. The summed E-state index contributed by atoms with van der Waals surface area (Å²) in [5.41, 5.74) is 0.983. The van der Waals surface area contributed by atoms with E-state index in [0.29, 0.717) is 11.8 Å².